The van der Waals surface area contributed by atoms with E-state index in [0.29, 0.717) is 12.0 Å². The van der Waals surface area contributed by atoms with E-state index in [9.17, 15) is 0 Å². The zero-order chi connectivity index (χ0) is 11.0. The van der Waals surface area contributed by atoms with Crippen LogP contribution in [0.2, 0.25) is 0 Å². The summed E-state index contributed by atoms with van der Waals surface area (Å²) in [5, 5.41) is 3.31. The molecule has 0 bridgehead atoms. The number of nitrogens with zero attached hydrogens (tertiary/aromatic N) is 4. The number of nitrogen functional groups attached to an aromatic ring is 1. The van der Waals surface area contributed by atoms with Gasteiger partial charge in [0.25, 0.3) is 0 Å². The summed E-state index contributed by atoms with van der Waals surface area (Å²) in [6.45, 7) is 0. The molecule has 1 saturated carbocycles. The minimum absolute atomic E-state index is 0.427. The molecule has 3 N–H and O–H groups in total. The lowest BCUT2D eigenvalue weighted by atomic mass is 10.5. The Kier molecular flexibility index (Phi) is 1.99. The van der Waals surface area contributed by atoms with Gasteiger partial charge in [0.1, 0.15) is 18.0 Å². The molecule has 0 aliphatic heterocycles. The summed E-state index contributed by atoms with van der Waals surface area (Å²) in [5.74, 6) is 1.99. The summed E-state index contributed by atoms with van der Waals surface area (Å²) in [6, 6.07) is 2.44. The van der Waals surface area contributed by atoms with Crippen LogP contribution in [0.5, 0.6) is 0 Å². The molecular formula is C10H12N6. The molecule has 0 unspecified atom stereocenters. The highest BCUT2D eigenvalue weighted by molar-refractivity contribution is 5.44. The summed E-state index contributed by atoms with van der Waals surface area (Å²) < 4.78 is 1.72. The van der Waals surface area contributed by atoms with Crippen LogP contribution in [0, 0.1) is 0 Å². The third-order valence-corrected chi connectivity index (χ3v) is 2.50. The van der Waals surface area contributed by atoms with Crippen molar-refractivity contribution in [2.75, 3.05) is 11.1 Å². The highest BCUT2D eigenvalue weighted by Gasteiger charge is 2.21. The highest BCUT2D eigenvalue weighted by Crippen LogP contribution is 2.24. The zero-order valence-electron chi connectivity index (χ0n) is 8.67. The van der Waals surface area contributed by atoms with Crippen molar-refractivity contribution in [3.8, 4) is 5.82 Å². The monoisotopic (exact) mass is 216 g/mol. The Bertz CT molecular complexity index is 502. The van der Waals surface area contributed by atoms with Crippen LogP contribution in [0.4, 0.5) is 11.8 Å². The van der Waals surface area contributed by atoms with Crippen LogP contribution in [-0.2, 0) is 0 Å². The van der Waals surface area contributed by atoms with E-state index in [1.807, 2.05) is 6.07 Å². The molecular weight excluding hydrogens is 204 g/mol. The minimum Gasteiger partial charge on any atom is -0.369 e. The van der Waals surface area contributed by atoms with Crippen molar-refractivity contribution in [3.05, 3.63) is 24.8 Å². The normalized spacial score (nSPS) is 15.0. The molecule has 82 valence electrons. The van der Waals surface area contributed by atoms with Crippen LogP contribution in [0.25, 0.3) is 5.82 Å². The predicted octanol–water partition coefficient (Wildman–Crippen LogP) is 0.819. The SMILES string of the molecule is Nc1nccn1-c1cc(NC2CC2)ncn1. The molecule has 1 aliphatic rings. The molecule has 2 heterocycles. The van der Waals surface area contributed by atoms with E-state index < -0.39 is 0 Å². The van der Waals surface area contributed by atoms with Crippen molar-refractivity contribution in [1.29, 1.82) is 0 Å². The minimum atomic E-state index is 0.427. The fraction of sp³-hybridized carbons (Fsp3) is 0.300. The van der Waals surface area contributed by atoms with Gasteiger partial charge in [0.2, 0.25) is 5.95 Å². The maximum Gasteiger partial charge on any atom is 0.206 e. The molecule has 0 atom stereocenters. The van der Waals surface area contributed by atoms with Gasteiger partial charge in [-0.1, -0.05) is 0 Å². The number of nitrogens with one attached hydrogen (secondary N) is 1. The first-order chi connectivity index (χ1) is 7.83. The van der Waals surface area contributed by atoms with Gasteiger partial charge >= 0.3 is 0 Å². The standard InChI is InChI=1S/C10H12N6/c11-10-12-3-4-16(10)9-5-8(13-6-14-9)15-7-1-2-7/h3-7H,1-2H2,(H2,11,12)(H,13,14,15). The second-order valence-electron chi connectivity index (χ2n) is 3.84. The van der Waals surface area contributed by atoms with Gasteiger partial charge in [0.15, 0.2) is 0 Å². The Morgan fingerprint density at radius 2 is 2.19 bits per heavy atom. The number of anilines is 2. The summed E-state index contributed by atoms with van der Waals surface area (Å²) in [4.78, 5) is 12.3. The van der Waals surface area contributed by atoms with Gasteiger partial charge in [-0.15, -0.1) is 0 Å². The first-order valence-corrected chi connectivity index (χ1v) is 5.21. The molecule has 16 heavy (non-hydrogen) atoms. The van der Waals surface area contributed by atoms with Crippen LogP contribution in [-0.4, -0.2) is 25.6 Å². The largest absolute Gasteiger partial charge is 0.369 e. The van der Waals surface area contributed by atoms with E-state index in [1.165, 1.54) is 19.2 Å². The lowest BCUT2D eigenvalue weighted by Crippen LogP contribution is -2.06. The molecule has 1 aliphatic carbocycles. The Labute approximate surface area is 92.5 Å². The summed E-state index contributed by atoms with van der Waals surface area (Å²) >= 11 is 0. The Balaban J connectivity index is 1.92. The van der Waals surface area contributed by atoms with Crippen LogP contribution in [0.1, 0.15) is 12.8 Å². The molecule has 1 fully saturated rings. The molecule has 3 rings (SSSR count). The van der Waals surface area contributed by atoms with E-state index in [-0.39, 0.29) is 0 Å². The number of hydrogen-bond acceptors (Lipinski definition) is 5. The molecule has 0 aromatic carbocycles. The van der Waals surface area contributed by atoms with Crippen molar-refractivity contribution in [2.24, 2.45) is 0 Å². The third-order valence-electron chi connectivity index (χ3n) is 2.50. The number of hydrogen-bond donors (Lipinski definition) is 2. The number of imidazole rings is 1. The molecule has 2 aromatic rings. The van der Waals surface area contributed by atoms with Crippen LogP contribution >= 0.6 is 0 Å². The molecule has 0 radical (unpaired) electrons. The Morgan fingerprint density at radius 3 is 2.88 bits per heavy atom. The van der Waals surface area contributed by atoms with Crippen molar-refractivity contribution >= 4 is 11.8 Å². The lowest BCUT2D eigenvalue weighted by Gasteiger charge is -2.06. The van der Waals surface area contributed by atoms with Gasteiger partial charge in [-0.25, -0.2) is 15.0 Å². The smallest absolute Gasteiger partial charge is 0.206 e. The van der Waals surface area contributed by atoms with Gasteiger partial charge in [-0.3, -0.25) is 4.57 Å². The van der Waals surface area contributed by atoms with Crippen molar-refractivity contribution in [1.82, 2.24) is 19.5 Å². The summed E-state index contributed by atoms with van der Waals surface area (Å²) in [7, 11) is 0. The fourth-order valence-corrected chi connectivity index (χ4v) is 1.50. The average molecular weight is 216 g/mol. The first-order valence-electron chi connectivity index (χ1n) is 5.21. The van der Waals surface area contributed by atoms with Crippen molar-refractivity contribution in [2.45, 2.75) is 18.9 Å². The van der Waals surface area contributed by atoms with E-state index in [2.05, 4.69) is 20.3 Å². The van der Waals surface area contributed by atoms with E-state index in [0.717, 1.165) is 11.6 Å². The van der Waals surface area contributed by atoms with Gasteiger partial charge in [0, 0.05) is 24.5 Å². The van der Waals surface area contributed by atoms with E-state index in [4.69, 9.17) is 5.73 Å². The second-order valence-corrected chi connectivity index (χ2v) is 3.84. The fourth-order valence-electron chi connectivity index (χ4n) is 1.50. The molecule has 6 heteroatoms. The molecule has 6 nitrogen and oxygen atoms in total. The topological polar surface area (TPSA) is 81.6 Å². The lowest BCUT2D eigenvalue weighted by molar-refractivity contribution is 0.975. The third kappa shape index (κ3) is 1.69. The number of nitrogens with two attached hydrogens (primary N) is 1. The number of aromatic nitrogens is 4. The maximum atomic E-state index is 5.71. The zero-order valence-corrected chi connectivity index (χ0v) is 8.67. The average Bonchev–Trinajstić information content (AvgIpc) is 2.99. The quantitative estimate of drug-likeness (QED) is 0.793. The molecule has 2 aromatic heterocycles. The van der Waals surface area contributed by atoms with E-state index in [1.54, 1.807) is 17.0 Å². The number of rotatable bonds is 3. The van der Waals surface area contributed by atoms with Crippen LogP contribution in [0.15, 0.2) is 24.8 Å². The van der Waals surface area contributed by atoms with Crippen molar-refractivity contribution in [3.63, 3.8) is 0 Å². The second kappa shape index (κ2) is 3.48. The van der Waals surface area contributed by atoms with Gasteiger partial charge in [0.05, 0.1) is 0 Å². The highest BCUT2D eigenvalue weighted by atomic mass is 15.2. The maximum absolute atomic E-state index is 5.71. The Morgan fingerprint density at radius 1 is 1.31 bits per heavy atom. The van der Waals surface area contributed by atoms with Gasteiger partial charge in [-0.2, -0.15) is 0 Å². The van der Waals surface area contributed by atoms with Gasteiger partial charge < -0.3 is 11.1 Å². The van der Waals surface area contributed by atoms with Crippen LogP contribution < -0.4 is 11.1 Å². The predicted molar refractivity (Wildman–Crippen MR) is 60.2 cm³/mol. The van der Waals surface area contributed by atoms with E-state index >= 15 is 0 Å². The summed E-state index contributed by atoms with van der Waals surface area (Å²) in [6.07, 6.45) is 7.38. The van der Waals surface area contributed by atoms with Crippen molar-refractivity contribution < 1.29 is 0 Å². The molecule has 0 saturated heterocycles. The first kappa shape index (κ1) is 9.14. The molecule has 0 spiro atoms. The molecule has 0 amide bonds. The summed E-state index contributed by atoms with van der Waals surface area (Å²) in [5.41, 5.74) is 5.71. The Hall–Kier alpha value is -2.11. The van der Waals surface area contributed by atoms with Gasteiger partial charge in [-0.05, 0) is 12.8 Å². The van der Waals surface area contributed by atoms with Crippen LogP contribution in [0.3, 0.4) is 0 Å².